The summed E-state index contributed by atoms with van der Waals surface area (Å²) in [6, 6.07) is 10.4. The van der Waals surface area contributed by atoms with E-state index in [0.29, 0.717) is 33.9 Å². The molecule has 0 bridgehead atoms. The molecular formula is C21H18Cl2FN5O2S. The fourth-order valence-corrected chi connectivity index (χ4v) is 3.78. The average molecular weight is 494 g/mol. The highest BCUT2D eigenvalue weighted by Gasteiger charge is 2.17. The predicted octanol–water partition coefficient (Wildman–Crippen LogP) is 4.82. The number of hydrogen-bond acceptors (Lipinski definition) is 5. The van der Waals surface area contributed by atoms with Crippen molar-refractivity contribution in [1.29, 1.82) is 0 Å². The molecule has 0 aliphatic heterocycles. The lowest BCUT2D eigenvalue weighted by Crippen LogP contribution is -2.18. The van der Waals surface area contributed by atoms with Gasteiger partial charge in [-0.05, 0) is 36.4 Å². The van der Waals surface area contributed by atoms with Crippen molar-refractivity contribution in [2.24, 2.45) is 0 Å². The van der Waals surface area contributed by atoms with Gasteiger partial charge in [-0.3, -0.25) is 9.59 Å². The van der Waals surface area contributed by atoms with Crippen molar-refractivity contribution in [1.82, 2.24) is 14.8 Å². The first kappa shape index (κ1) is 23.8. The van der Waals surface area contributed by atoms with Crippen LogP contribution in [0.3, 0.4) is 0 Å². The molecule has 0 saturated carbocycles. The van der Waals surface area contributed by atoms with Gasteiger partial charge in [0, 0.05) is 12.2 Å². The van der Waals surface area contributed by atoms with E-state index in [1.807, 2.05) is 0 Å². The molecule has 0 fully saturated rings. The molecule has 3 aromatic rings. The Morgan fingerprint density at radius 3 is 2.56 bits per heavy atom. The van der Waals surface area contributed by atoms with Gasteiger partial charge in [-0.25, -0.2) is 4.39 Å². The minimum Gasteiger partial charge on any atom is -0.325 e. The molecule has 32 heavy (non-hydrogen) atoms. The van der Waals surface area contributed by atoms with Crippen LogP contribution in [0.1, 0.15) is 5.82 Å². The zero-order chi connectivity index (χ0) is 23.1. The number of allylic oxidation sites excluding steroid dienone is 1. The van der Waals surface area contributed by atoms with Crippen LogP contribution >= 0.6 is 35.0 Å². The van der Waals surface area contributed by atoms with Gasteiger partial charge in [0.15, 0.2) is 5.16 Å². The number of thioether (sulfide) groups is 1. The van der Waals surface area contributed by atoms with E-state index in [0.717, 1.165) is 11.8 Å². The second-order valence-corrected chi connectivity index (χ2v) is 8.20. The van der Waals surface area contributed by atoms with Crippen LogP contribution in [0, 0.1) is 5.82 Å². The van der Waals surface area contributed by atoms with Gasteiger partial charge in [-0.2, -0.15) is 0 Å². The van der Waals surface area contributed by atoms with Crippen molar-refractivity contribution in [2.45, 2.75) is 18.1 Å². The van der Waals surface area contributed by atoms with Crippen LogP contribution in [0.2, 0.25) is 10.0 Å². The van der Waals surface area contributed by atoms with E-state index in [4.69, 9.17) is 23.2 Å². The zero-order valence-corrected chi connectivity index (χ0v) is 19.0. The van der Waals surface area contributed by atoms with Gasteiger partial charge in [-0.15, -0.1) is 16.8 Å². The Balaban J connectivity index is 1.63. The number of aromatic nitrogens is 3. The molecule has 0 aliphatic rings. The molecule has 3 rings (SSSR count). The zero-order valence-electron chi connectivity index (χ0n) is 16.6. The number of anilines is 2. The Bertz CT molecular complexity index is 1140. The van der Waals surface area contributed by atoms with Crippen LogP contribution in [-0.4, -0.2) is 32.3 Å². The quantitative estimate of drug-likeness (QED) is 0.329. The summed E-state index contributed by atoms with van der Waals surface area (Å²) in [6.07, 6.45) is 1.58. The molecule has 0 spiro atoms. The number of nitrogens with zero attached hydrogens (tertiary/aromatic N) is 3. The van der Waals surface area contributed by atoms with Crippen molar-refractivity contribution >= 4 is 58.2 Å². The lowest BCUT2D eigenvalue weighted by Gasteiger charge is -2.10. The van der Waals surface area contributed by atoms with Crippen LogP contribution in [0.25, 0.3) is 0 Å². The van der Waals surface area contributed by atoms with E-state index in [1.54, 1.807) is 28.8 Å². The maximum atomic E-state index is 13.0. The number of nitrogens with one attached hydrogen (secondary N) is 2. The highest BCUT2D eigenvalue weighted by Crippen LogP contribution is 2.29. The van der Waals surface area contributed by atoms with Gasteiger partial charge in [0.2, 0.25) is 11.8 Å². The molecule has 1 aromatic heterocycles. The van der Waals surface area contributed by atoms with Crippen LogP contribution in [0.5, 0.6) is 0 Å². The van der Waals surface area contributed by atoms with E-state index >= 15 is 0 Å². The molecule has 1 heterocycles. The second kappa shape index (κ2) is 11.1. The van der Waals surface area contributed by atoms with Crippen molar-refractivity contribution < 1.29 is 14.0 Å². The summed E-state index contributed by atoms with van der Waals surface area (Å²) in [5.41, 5.74) is 0.882. The van der Waals surface area contributed by atoms with E-state index in [-0.39, 0.29) is 34.8 Å². The summed E-state index contributed by atoms with van der Waals surface area (Å²) >= 11 is 13.2. The molecule has 2 N–H and O–H groups in total. The Morgan fingerprint density at radius 1 is 1.09 bits per heavy atom. The Morgan fingerprint density at radius 2 is 1.84 bits per heavy atom. The lowest BCUT2D eigenvalue weighted by molar-refractivity contribution is -0.116. The Hall–Kier alpha value is -2.88. The first-order valence-corrected chi connectivity index (χ1v) is 11.1. The van der Waals surface area contributed by atoms with Gasteiger partial charge in [-0.1, -0.05) is 47.1 Å². The van der Waals surface area contributed by atoms with Crippen molar-refractivity contribution in [3.05, 3.63) is 76.8 Å². The lowest BCUT2D eigenvalue weighted by atomic mass is 10.3. The van der Waals surface area contributed by atoms with Gasteiger partial charge in [0.25, 0.3) is 0 Å². The maximum Gasteiger partial charge on any atom is 0.234 e. The minimum absolute atomic E-state index is 0.0526. The maximum absolute atomic E-state index is 13.0. The SMILES string of the molecule is C=CCn1c(CC(=O)Nc2cccc(Cl)c2Cl)nnc1SCC(=O)Nc1ccc(F)cc1. The smallest absolute Gasteiger partial charge is 0.234 e. The molecule has 7 nitrogen and oxygen atoms in total. The average Bonchev–Trinajstić information content (AvgIpc) is 3.13. The third kappa shape index (κ3) is 6.32. The first-order valence-electron chi connectivity index (χ1n) is 9.32. The fourth-order valence-electron chi connectivity index (χ4n) is 2.67. The van der Waals surface area contributed by atoms with Crippen LogP contribution < -0.4 is 10.6 Å². The highest BCUT2D eigenvalue weighted by atomic mass is 35.5. The number of benzene rings is 2. The number of carbonyl (C=O) groups excluding carboxylic acids is 2. The second-order valence-electron chi connectivity index (χ2n) is 6.47. The summed E-state index contributed by atoms with van der Waals surface area (Å²) in [5, 5.41) is 14.6. The Labute approximate surface area is 198 Å². The molecule has 166 valence electrons. The number of carbonyl (C=O) groups is 2. The molecule has 0 saturated heterocycles. The van der Waals surface area contributed by atoms with Gasteiger partial charge >= 0.3 is 0 Å². The van der Waals surface area contributed by atoms with Crippen LogP contribution in [0.15, 0.2) is 60.3 Å². The number of rotatable bonds is 9. The first-order chi connectivity index (χ1) is 15.4. The topological polar surface area (TPSA) is 88.9 Å². The van der Waals surface area contributed by atoms with E-state index in [1.165, 1.54) is 24.3 Å². The summed E-state index contributed by atoms with van der Waals surface area (Å²) < 4.78 is 14.7. The third-order valence-electron chi connectivity index (χ3n) is 4.11. The Kier molecular flexibility index (Phi) is 8.26. The predicted molar refractivity (Wildman–Crippen MR) is 125 cm³/mol. The molecular weight excluding hydrogens is 476 g/mol. The normalized spacial score (nSPS) is 10.6. The number of halogens is 3. The van der Waals surface area contributed by atoms with E-state index < -0.39 is 0 Å². The van der Waals surface area contributed by atoms with Crippen molar-refractivity contribution in [3.8, 4) is 0 Å². The van der Waals surface area contributed by atoms with E-state index in [9.17, 15) is 14.0 Å². The van der Waals surface area contributed by atoms with E-state index in [2.05, 4.69) is 27.4 Å². The molecule has 2 amide bonds. The van der Waals surface area contributed by atoms with Crippen molar-refractivity contribution in [2.75, 3.05) is 16.4 Å². The largest absolute Gasteiger partial charge is 0.325 e. The summed E-state index contributed by atoms with van der Waals surface area (Å²) in [5.74, 6) is -0.565. The van der Waals surface area contributed by atoms with Gasteiger partial charge in [0.1, 0.15) is 11.6 Å². The molecule has 0 radical (unpaired) electrons. The highest BCUT2D eigenvalue weighted by molar-refractivity contribution is 7.99. The van der Waals surface area contributed by atoms with Crippen LogP contribution in [0.4, 0.5) is 15.8 Å². The molecule has 0 aliphatic carbocycles. The number of hydrogen-bond donors (Lipinski definition) is 2. The summed E-state index contributed by atoms with van der Waals surface area (Å²) in [6.45, 7) is 4.07. The number of amides is 2. The summed E-state index contributed by atoms with van der Waals surface area (Å²) in [7, 11) is 0. The van der Waals surface area contributed by atoms with Gasteiger partial charge < -0.3 is 15.2 Å². The molecule has 0 unspecified atom stereocenters. The van der Waals surface area contributed by atoms with Crippen LogP contribution in [-0.2, 0) is 22.6 Å². The standard InChI is InChI=1S/C21H18Cl2FN5O2S/c1-2-10-29-17(11-18(30)26-16-5-3-4-15(22)20(16)23)27-28-21(29)32-12-19(31)25-14-8-6-13(24)7-9-14/h2-9H,1,10-12H2,(H,25,31)(H,26,30). The molecule has 11 heteroatoms. The van der Waals surface area contributed by atoms with Gasteiger partial charge in [0.05, 0.1) is 27.9 Å². The molecule has 2 aromatic carbocycles. The summed E-state index contributed by atoms with van der Waals surface area (Å²) in [4.78, 5) is 24.7. The fraction of sp³-hybridized carbons (Fsp3) is 0.143. The monoisotopic (exact) mass is 493 g/mol. The van der Waals surface area contributed by atoms with Crippen molar-refractivity contribution in [3.63, 3.8) is 0 Å². The third-order valence-corrected chi connectivity index (χ3v) is 5.90. The molecule has 0 atom stereocenters. The minimum atomic E-state index is -0.385.